The number of anilines is 2. The number of carbonyl (C=O) groups is 1. The Balaban J connectivity index is 1.65. The van der Waals surface area contributed by atoms with Crippen molar-refractivity contribution in [3.8, 4) is 10.8 Å². The Hall–Kier alpha value is -3.57. The van der Waals surface area contributed by atoms with Crippen LogP contribution in [0.1, 0.15) is 56.0 Å². The average Bonchev–Trinajstić information content (AvgIpc) is 3.56. The molecule has 1 amide bonds. The van der Waals surface area contributed by atoms with Gasteiger partial charge >= 0.3 is 0 Å². The maximum Gasteiger partial charge on any atom is 0.268 e. The molecule has 3 heterocycles. The Morgan fingerprint density at radius 3 is 2.81 bits per heavy atom. The highest BCUT2D eigenvalue weighted by Crippen LogP contribution is 2.32. The molecule has 0 fully saturated rings. The number of benzene rings is 1. The normalized spacial score (nSPS) is 12.1. The maximum absolute atomic E-state index is 13.2. The van der Waals surface area contributed by atoms with Gasteiger partial charge in [-0.05, 0) is 63.8 Å². The van der Waals surface area contributed by atoms with E-state index < -0.39 is 0 Å². The van der Waals surface area contributed by atoms with Crippen LogP contribution in [0.5, 0.6) is 0 Å². The van der Waals surface area contributed by atoms with Crippen LogP contribution >= 0.6 is 11.3 Å². The van der Waals surface area contributed by atoms with Gasteiger partial charge in [0.2, 0.25) is 5.95 Å². The summed E-state index contributed by atoms with van der Waals surface area (Å²) in [6, 6.07) is 7.28. The number of fused-ring (bicyclic) bond motifs is 1. The van der Waals surface area contributed by atoms with Crippen LogP contribution < -0.4 is 11.1 Å². The Bertz CT molecular complexity index is 1420. The number of hydrogen-bond donors (Lipinski definition) is 2. The van der Waals surface area contributed by atoms with E-state index in [1.807, 2.05) is 30.5 Å². The average molecular weight is 524 g/mol. The van der Waals surface area contributed by atoms with Crippen molar-refractivity contribution in [2.45, 2.75) is 54.0 Å². The molecule has 4 rings (SSSR count). The van der Waals surface area contributed by atoms with Gasteiger partial charge in [0.15, 0.2) is 5.82 Å². The molecule has 11 heteroatoms. The molecule has 3 aromatic heterocycles. The second-order valence-corrected chi connectivity index (χ2v) is 10.3. The third-order valence-corrected chi connectivity index (χ3v) is 6.65. The van der Waals surface area contributed by atoms with Crippen molar-refractivity contribution in [1.29, 1.82) is 0 Å². The number of aliphatic imine (C=N–C) groups is 1. The van der Waals surface area contributed by atoms with Crippen LogP contribution in [0.4, 0.5) is 17.3 Å². The zero-order valence-electron chi connectivity index (χ0n) is 21.9. The second-order valence-electron chi connectivity index (χ2n) is 9.25. The van der Waals surface area contributed by atoms with E-state index >= 15 is 0 Å². The van der Waals surface area contributed by atoms with Crippen molar-refractivity contribution in [3.63, 3.8) is 0 Å². The van der Waals surface area contributed by atoms with Crippen LogP contribution in [0, 0.1) is 12.8 Å². The molecule has 0 bridgehead atoms. The monoisotopic (exact) mass is 523 g/mol. The van der Waals surface area contributed by atoms with Gasteiger partial charge in [-0.25, -0.2) is 4.98 Å². The van der Waals surface area contributed by atoms with Crippen LogP contribution in [0.25, 0.3) is 21.8 Å². The first-order valence-corrected chi connectivity index (χ1v) is 13.2. The van der Waals surface area contributed by atoms with E-state index in [0.717, 1.165) is 28.9 Å². The summed E-state index contributed by atoms with van der Waals surface area (Å²) in [5.41, 5.74) is 10.1. The summed E-state index contributed by atoms with van der Waals surface area (Å²) >= 11 is 1.28. The van der Waals surface area contributed by atoms with Gasteiger partial charge in [0.1, 0.15) is 0 Å². The molecule has 0 saturated heterocycles. The van der Waals surface area contributed by atoms with Crippen molar-refractivity contribution in [2.24, 2.45) is 10.9 Å². The SMILES string of the molecule is CCOCCCn1c(NC(=O)c2ccc(-c3nc(C)no3)s2)nc2cc(N)c(/N=C(\C)CC(C)C)cc21. The molecule has 3 N–H and O–H groups in total. The molecular weight excluding hydrogens is 490 g/mol. The standard InChI is InChI=1S/C26H33N7O3S/c1-6-35-11-7-10-33-21-14-19(28-16(4)12-15(2)3)18(27)13-20(21)30-26(33)31-24(34)22-8-9-23(37-22)25-29-17(5)32-36-25/h8-9,13-15H,6-7,10-12,27H2,1-5H3,(H,30,31,34)/b28-16+. The molecule has 0 spiro atoms. The molecule has 0 aliphatic heterocycles. The first-order valence-electron chi connectivity index (χ1n) is 12.4. The number of rotatable bonds is 11. The lowest BCUT2D eigenvalue weighted by atomic mass is 10.1. The molecule has 0 radical (unpaired) electrons. The van der Waals surface area contributed by atoms with Gasteiger partial charge in [0.25, 0.3) is 11.8 Å². The molecule has 0 aliphatic rings. The fourth-order valence-corrected chi connectivity index (χ4v) is 4.86. The fraction of sp³-hybridized carbons (Fsp3) is 0.423. The lowest BCUT2D eigenvalue weighted by Crippen LogP contribution is -2.15. The van der Waals surface area contributed by atoms with Crippen molar-refractivity contribution in [3.05, 3.63) is 35.0 Å². The van der Waals surface area contributed by atoms with E-state index in [-0.39, 0.29) is 5.91 Å². The van der Waals surface area contributed by atoms with Crippen LogP contribution in [0.3, 0.4) is 0 Å². The number of aromatic nitrogens is 4. The van der Waals surface area contributed by atoms with Crippen LogP contribution in [-0.4, -0.2) is 44.5 Å². The van der Waals surface area contributed by atoms with Crippen molar-refractivity contribution in [1.82, 2.24) is 19.7 Å². The summed E-state index contributed by atoms with van der Waals surface area (Å²) < 4.78 is 12.7. The van der Waals surface area contributed by atoms with Gasteiger partial charge in [-0.3, -0.25) is 15.1 Å². The number of nitrogen functional groups attached to an aromatic ring is 1. The molecule has 0 unspecified atom stereocenters. The lowest BCUT2D eigenvalue weighted by molar-refractivity contribution is 0.102. The first-order chi connectivity index (χ1) is 17.7. The smallest absolute Gasteiger partial charge is 0.268 e. The number of aryl methyl sites for hydroxylation is 2. The fourth-order valence-electron chi connectivity index (χ4n) is 4.04. The summed E-state index contributed by atoms with van der Waals surface area (Å²) in [6.45, 7) is 11.9. The van der Waals surface area contributed by atoms with E-state index in [1.54, 1.807) is 19.1 Å². The van der Waals surface area contributed by atoms with E-state index in [4.69, 9.17) is 25.0 Å². The van der Waals surface area contributed by atoms with E-state index in [0.29, 0.717) is 65.1 Å². The highest BCUT2D eigenvalue weighted by molar-refractivity contribution is 7.17. The third-order valence-electron chi connectivity index (χ3n) is 5.58. The predicted molar refractivity (Wildman–Crippen MR) is 148 cm³/mol. The number of carbonyl (C=O) groups excluding carboxylic acids is 1. The highest BCUT2D eigenvalue weighted by Gasteiger charge is 2.19. The Labute approximate surface area is 219 Å². The molecule has 196 valence electrons. The molecular formula is C26H33N7O3S. The number of ether oxygens (including phenoxy) is 1. The summed E-state index contributed by atoms with van der Waals surface area (Å²) in [4.78, 5) is 28.1. The zero-order valence-corrected chi connectivity index (χ0v) is 22.7. The van der Waals surface area contributed by atoms with Crippen LogP contribution in [-0.2, 0) is 11.3 Å². The van der Waals surface area contributed by atoms with E-state index in [9.17, 15) is 4.79 Å². The molecule has 37 heavy (non-hydrogen) atoms. The Morgan fingerprint density at radius 1 is 1.30 bits per heavy atom. The summed E-state index contributed by atoms with van der Waals surface area (Å²) in [5.74, 6) is 1.60. The molecule has 4 aromatic rings. The van der Waals surface area contributed by atoms with E-state index in [1.165, 1.54) is 11.3 Å². The number of nitrogens with one attached hydrogen (secondary N) is 1. The molecule has 10 nitrogen and oxygen atoms in total. The minimum Gasteiger partial charge on any atom is -0.397 e. The number of nitrogens with two attached hydrogens (primary N) is 1. The number of imidazole rings is 1. The number of hydrogen-bond acceptors (Lipinski definition) is 9. The summed E-state index contributed by atoms with van der Waals surface area (Å²) in [6.07, 6.45) is 1.65. The predicted octanol–water partition coefficient (Wildman–Crippen LogP) is 5.86. The molecule has 0 saturated carbocycles. The lowest BCUT2D eigenvalue weighted by Gasteiger charge is -2.11. The third kappa shape index (κ3) is 6.41. The zero-order chi connectivity index (χ0) is 26.5. The summed E-state index contributed by atoms with van der Waals surface area (Å²) in [7, 11) is 0. The van der Waals surface area contributed by atoms with Crippen LogP contribution in [0.15, 0.2) is 33.8 Å². The largest absolute Gasteiger partial charge is 0.397 e. The van der Waals surface area contributed by atoms with Crippen molar-refractivity contribution < 1.29 is 14.1 Å². The van der Waals surface area contributed by atoms with Crippen LogP contribution in [0.2, 0.25) is 0 Å². The number of nitrogens with zero attached hydrogens (tertiary/aromatic N) is 5. The highest BCUT2D eigenvalue weighted by atomic mass is 32.1. The van der Waals surface area contributed by atoms with E-state index in [2.05, 4.69) is 29.3 Å². The minimum absolute atomic E-state index is 0.271. The topological polar surface area (TPSA) is 133 Å². The van der Waals surface area contributed by atoms with Gasteiger partial charge < -0.3 is 19.6 Å². The summed E-state index contributed by atoms with van der Waals surface area (Å²) in [5, 5.41) is 6.79. The number of thiophene rings is 1. The quantitative estimate of drug-likeness (QED) is 0.143. The molecule has 0 atom stereocenters. The molecule has 0 aliphatic carbocycles. The Morgan fingerprint density at radius 2 is 2.11 bits per heavy atom. The molecule has 1 aromatic carbocycles. The Kier molecular flexibility index (Phi) is 8.34. The minimum atomic E-state index is -0.271. The maximum atomic E-state index is 13.2. The van der Waals surface area contributed by atoms with Crippen molar-refractivity contribution >= 4 is 51.3 Å². The van der Waals surface area contributed by atoms with Gasteiger partial charge in [-0.15, -0.1) is 11.3 Å². The van der Waals surface area contributed by atoms with Gasteiger partial charge in [0.05, 0.1) is 32.2 Å². The van der Waals surface area contributed by atoms with Gasteiger partial charge in [-0.2, -0.15) is 4.98 Å². The first kappa shape index (κ1) is 26.5. The van der Waals surface area contributed by atoms with Gasteiger partial charge in [-0.1, -0.05) is 19.0 Å². The van der Waals surface area contributed by atoms with Crippen molar-refractivity contribution in [2.75, 3.05) is 24.3 Å². The second kappa shape index (κ2) is 11.7. The number of amides is 1. The van der Waals surface area contributed by atoms with Gasteiger partial charge in [0, 0.05) is 25.5 Å².